The van der Waals surface area contributed by atoms with Gasteiger partial charge in [-0.25, -0.2) is 0 Å². The first-order chi connectivity index (χ1) is 17.4. The Kier molecular flexibility index (Phi) is 14.3. The maximum Gasteiger partial charge on any atom is 0.308 e. The summed E-state index contributed by atoms with van der Waals surface area (Å²) in [6.45, 7) is 7.10. The molecule has 0 aliphatic heterocycles. The Hall–Kier alpha value is -2.33. The number of rotatable bonds is 19. The Bertz CT molecular complexity index is 849. The predicted molar refractivity (Wildman–Crippen MR) is 150 cm³/mol. The van der Waals surface area contributed by atoms with Crippen molar-refractivity contribution >= 4 is 5.97 Å². The number of unbranched alkanes of at least 4 members (excludes halogenated alkanes) is 6. The predicted octanol–water partition coefficient (Wildman–Crippen LogP) is 7.59. The van der Waals surface area contributed by atoms with Crippen LogP contribution >= 0.6 is 0 Å². The Morgan fingerprint density at radius 1 is 0.833 bits per heavy atom. The van der Waals surface area contributed by atoms with Gasteiger partial charge in [0.1, 0.15) is 12.3 Å². The van der Waals surface area contributed by atoms with Gasteiger partial charge in [0.05, 0.1) is 39.8 Å². The van der Waals surface area contributed by atoms with Crippen LogP contribution in [0.25, 0.3) is 0 Å². The number of aryl methyl sites for hydroxylation is 1. The summed E-state index contributed by atoms with van der Waals surface area (Å²) in [4.78, 5) is 12.5. The van der Waals surface area contributed by atoms with Crippen molar-refractivity contribution < 1.29 is 18.8 Å². The van der Waals surface area contributed by atoms with Gasteiger partial charge < -0.3 is 14.0 Å². The number of para-hydroxylation sites is 1. The summed E-state index contributed by atoms with van der Waals surface area (Å²) in [7, 11) is 4.43. The third-order valence-electron chi connectivity index (χ3n) is 6.84. The molecule has 0 saturated heterocycles. The van der Waals surface area contributed by atoms with Crippen molar-refractivity contribution in [2.24, 2.45) is 5.92 Å². The van der Waals surface area contributed by atoms with Crippen LogP contribution < -0.4 is 4.74 Å². The van der Waals surface area contributed by atoms with Gasteiger partial charge in [-0.1, -0.05) is 101 Å². The van der Waals surface area contributed by atoms with Gasteiger partial charge in [-0.05, 0) is 24.5 Å². The van der Waals surface area contributed by atoms with Crippen LogP contribution in [0.3, 0.4) is 0 Å². The molecule has 0 saturated carbocycles. The van der Waals surface area contributed by atoms with E-state index < -0.39 is 0 Å². The van der Waals surface area contributed by atoms with E-state index in [1.54, 1.807) is 0 Å². The van der Waals surface area contributed by atoms with Crippen LogP contribution in [-0.4, -0.2) is 44.3 Å². The zero-order valence-electron chi connectivity index (χ0n) is 23.3. The Morgan fingerprint density at radius 2 is 1.50 bits per heavy atom. The van der Waals surface area contributed by atoms with E-state index in [2.05, 4.69) is 63.5 Å². The molecule has 1 unspecified atom stereocenters. The monoisotopic (exact) mass is 496 g/mol. The third kappa shape index (κ3) is 12.6. The number of nitrogens with zero attached hydrogens (tertiary/aromatic N) is 1. The van der Waals surface area contributed by atoms with E-state index in [-0.39, 0.29) is 11.9 Å². The van der Waals surface area contributed by atoms with Gasteiger partial charge in [-0.2, -0.15) is 0 Å². The molecule has 0 amide bonds. The summed E-state index contributed by atoms with van der Waals surface area (Å²) in [5.74, 6) is 0.775. The van der Waals surface area contributed by atoms with E-state index in [4.69, 9.17) is 9.47 Å². The first-order valence-electron chi connectivity index (χ1n) is 14.1. The molecule has 0 aliphatic rings. The SMILES string of the molecule is CCCCCCCCCc1ccccc1OCCCOC(=O)C(C)CC[N+](C)(C)Cc1ccccc1. The number of carbonyl (C=O) groups excluding carboxylic acids is 1. The van der Waals surface area contributed by atoms with Gasteiger partial charge >= 0.3 is 5.97 Å². The Balaban J connectivity index is 1.60. The standard InChI is InChI=1S/C32H50NO3/c1-5-6-7-8-9-10-14-20-30-21-15-16-22-31(30)35-25-17-26-36-32(34)28(2)23-24-33(3,4)27-29-18-12-11-13-19-29/h11-13,15-16,18-19,21-22,28H,5-10,14,17,20,23-27H2,1-4H3/q+1. The molecule has 0 bridgehead atoms. The van der Waals surface area contributed by atoms with Gasteiger partial charge in [0.15, 0.2) is 0 Å². The molecular weight excluding hydrogens is 446 g/mol. The van der Waals surface area contributed by atoms with Crippen LogP contribution in [0.5, 0.6) is 5.75 Å². The molecule has 0 N–H and O–H groups in total. The summed E-state index contributed by atoms with van der Waals surface area (Å²) in [5, 5.41) is 0. The Morgan fingerprint density at radius 3 is 2.25 bits per heavy atom. The topological polar surface area (TPSA) is 35.5 Å². The highest BCUT2D eigenvalue weighted by molar-refractivity contribution is 5.71. The summed E-state index contributed by atoms with van der Waals surface area (Å²) in [6, 6.07) is 18.9. The van der Waals surface area contributed by atoms with E-state index in [9.17, 15) is 4.79 Å². The van der Waals surface area contributed by atoms with Crippen molar-refractivity contribution in [3.05, 3.63) is 65.7 Å². The molecule has 2 aromatic rings. The van der Waals surface area contributed by atoms with Gasteiger partial charge in [0.2, 0.25) is 0 Å². The minimum absolute atomic E-state index is 0.0956. The molecular formula is C32H50NO3+. The van der Waals surface area contributed by atoms with Crippen molar-refractivity contribution in [1.82, 2.24) is 0 Å². The molecule has 0 spiro atoms. The minimum Gasteiger partial charge on any atom is -0.493 e. The second-order valence-corrected chi connectivity index (χ2v) is 10.8. The van der Waals surface area contributed by atoms with Gasteiger partial charge in [0, 0.05) is 18.4 Å². The van der Waals surface area contributed by atoms with E-state index in [1.165, 1.54) is 56.1 Å². The van der Waals surface area contributed by atoms with E-state index >= 15 is 0 Å². The number of ether oxygens (including phenoxy) is 2. The molecule has 4 heteroatoms. The van der Waals surface area contributed by atoms with Crippen molar-refractivity contribution in [1.29, 1.82) is 0 Å². The molecule has 36 heavy (non-hydrogen) atoms. The number of hydrogen-bond donors (Lipinski definition) is 0. The highest BCUT2D eigenvalue weighted by atomic mass is 16.5. The van der Waals surface area contributed by atoms with Crippen molar-refractivity contribution in [2.45, 2.75) is 84.6 Å². The molecule has 1 atom stereocenters. The first-order valence-corrected chi connectivity index (χ1v) is 14.1. The quantitative estimate of drug-likeness (QED) is 0.114. The molecule has 2 aromatic carbocycles. The Labute approximate surface area is 220 Å². The number of quaternary nitrogens is 1. The fraction of sp³-hybridized carbons (Fsp3) is 0.594. The molecule has 2 rings (SSSR count). The van der Waals surface area contributed by atoms with E-state index in [0.717, 1.165) is 36.2 Å². The number of carbonyl (C=O) groups is 1. The molecule has 0 aliphatic carbocycles. The lowest BCUT2D eigenvalue weighted by molar-refractivity contribution is -0.904. The summed E-state index contributed by atoms with van der Waals surface area (Å²) in [6.07, 6.45) is 11.8. The van der Waals surface area contributed by atoms with Crippen LogP contribution in [0, 0.1) is 5.92 Å². The number of hydrogen-bond acceptors (Lipinski definition) is 3. The summed E-state index contributed by atoms with van der Waals surface area (Å²) < 4.78 is 12.4. The average molecular weight is 497 g/mol. The fourth-order valence-electron chi connectivity index (χ4n) is 4.50. The summed E-state index contributed by atoms with van der Waals surface area (Å²) in [5.41, 5.74) is 2.61. The lowest BCUT2D eigenvalue weighted by atomic mass is 10.0. The van der Waals surface area contributed by atoms with Crippen molar-refractivity contribution in [3.63, 3.8) is 0 Å². The van der Waals surface area contributed by atoms with Crippen LogP contribution in [0.4, 0.5) is 0 Å². The van der Waals surface area contributed by atoms with Gasteiger partial charge in [-0.15, -0.1) is 0 Å². The first kappa shape index (κ1) is 29.9. The zero-order chi connectivity index (χ0) is 26.1. The van der Waals surface area contributed by atoms with Crippen LogP contribution in [0.1, 0.15) is 82.8 Å². The van der Waals surface area contributed by atoms with Gasteiger partial charge in [0.25, 0.3) is 0 Å². The maximum atomic E-state index is 12.5. The smallest absolute Gasteiger partial charge is 0.308 e. The zero-order valence-corrected chi connectivity index (χ0v) is 23.3. The van der Waals surface area contributed by atoms with Crippen LogP contribution in [-0.2, 0) is 22.5 Å². The normalized spacial score (nSPS) is 12.3. The van der Waals surface area contributed by atoms with Crippen LogP contribution in [0.2, 0.25) is 0 Å². The minimum atomic E-state index is -0.103. The van der Waals surface area contributed by atoms with Gasteiger partial charge in [-0.3, -0.25) is 4.79 Å². The highest BCUT2D eigenvalue weighted by Crippen LogP contribution is 2.21. The number of benzene rings is 2. The molecule has 200 valence electrons. The molecule has 4 nitrogen and oxygen atoms in total. The largest absolute Gasteiger partial charge is 0.493 e. The molecule has 0 radical (unpaired) electrons. The van der Waals surface area contributed by atoms with Crippen molar-refractivity contribution in [2.75, 3.05) is 33.9 Å². The molecule has 0 fully saturated rings. The second-order valence-electron chi connectivity index (χ2n) is 10.8. The van der Waals surface area contributed by atoms with Crippen molar-refractivity contribution in [3.8, 4) is 5.75 Å². The third-order valence-corrected chi connectivity index (χ3v) is 6.84. The highest BCUT2D eigenvalue weighted by Gasteiger charge is 2.21. The average Bonchev–Trinajstić information content (AvgIpc) is 2.87. The fourth-order valence-corrected chi connectivity index (χ4v) is 4.50. The second kappa shape index (κ2) is 17.2. The summed E-state index contributed by atoms with van der Waals surface area (Å²) >= 11 is 0. The lowest BCUT2D eigenvalue weighted by Gasteiger charge is -2.30. The maximum absolute atomic E-state index is 12.5. The lowest BCUT2D eigenvalue weighted by Crippen LogP contribution is -2.40. The molecule has 0 heterocycles. The molecule has 0 aromatic heterocycles. The van der Waals surface area contributed by atoms with E-state index in [0.29, 0.717) is 19.6 Å². The van der Waals surface area contributed by atoms with E-state index in [1.807, 2.05) is 19.1 Å². The number of esters is 1. The van der Waals surface area contributed by atoms with Crippen LogP contribution in [0.15, 0.2) is 54.6 Å².